The summed E-state index contributed by atoms with van der Waals surface area (Å²) >= 11 is 0. The molecule has 1 unspecified atom stereocenters. The van der Waals surface area contributed by atoms with Gasteiger partial charge < -0.3 is 24.2 Å². The third-order valence-electron chi connectivity index (χ3n) is 6.99. The van der Waals surface area contributed by atoms with E-state index in [0.717, 1.165) is 16.7 Å². The van der Waals surface area contributed by atoms with Gasteiger partial charge in [0.25, 0.3) is 0 Å². The Balaban J connectivity index is 1.69. The van der Waals surface area contributed by atoms with Gasteiger partial charge in [0.15, 0.2) is 23.5 Å². The largest absolute Gasteiger partial charge is 0.459 e. The normalized spacial score (nSPS) is 21.7. The van der Waals surface area contributed by atoms with Gasteiger partial charge in [-0.1, -0.05) is 58.2 Å². The number of esters is 3. The minimum absolute atomic E-state index is 0.192. The van der Waals surface area contributed by atoms with E-state index >= 15 is 0 Å². The van der Waals surface area contributed by atoms with E-state index in [0.29, 0.717) is 0 Å². The molecule has 0 spiro atoms. The summed E-state index contributed by atoms with van der Waals surface area (Å²) in [6, 6.07) is 21.6. The summed E-state index contributed by atoms with van der Waals surface area (Å²) in [6.45, 7) is 6.57. The van der Waals surface area contributed by atoms with Crippen LogP contribution in [0.5, 0.6) is 0 Å². The van der Waals surface area contributed by atoms with Crippen LogP contribution in [-0.4, -0.2) is 59.3 Å². The molecule has 42 heavy (non-hydrogen) atoms. The Hall–Kier alpha value is -5.01. The lowest BCUT2D eigenvalue weighted by molar-refractivity contribution is -0.0794. The molecule has 4 atom stereocenters. The first-order valence-electron chi connectivity index (χ1n) is 13.1. The molecule has 3 aromatic carbocycles. The van der Waals surface area contributed by atoms with Crippen LogP contribution in [0.2, 0.25) is 0 Å². The van der Waals surface area contributed by atoms with Crippen molar-refractivity contribution in [3.05, 3.63) is 106 Å². The maximum atomic E-state index is 13.3. The van der Waals surface area contributed by atoms with Crippen molar-refractivity contribution in [1.29, 1.82) is 5.26 Å². The maximum absolute atomic E-state index is 13.3. The minimum Gasteiger partial charge on any atom is -0.459 e. The third-order valence-corrected chi connectivity index (χ3v) is 6.99. The highest BCUT2D eigenvalue weighted by atomic mass is 16.7. The zero-order valence-corrected chi connectivity index (χ0v) is 23.6. The van der Waals surface area contributed by atoms with Gasteiger partial charge in [0.2, 0.25) is 0 Å². The van der Waals surface area contributed by atoms with Gasteiger partial charge in [0.05, 0.1) is 16.7 Å². The fourth-order valence-electron chi connectivity index (χ4n) is 4.55. The molecule has 1 saturated heterocycles. The predicted octanol–water partition coefficient (Wildman–Crippen LogP) is 4.73. The van der Waals surface area contributed by atoms with E-state index in [9.17, 15) is 24.9 Å². The van der Waals surface area contributed by atoms with Gasteiger partial charge in [0.1, 0.15) is 18.8 Å². The highest BCUT2D eigenvalue weighted by Gasteiger charge is 2.61. The second kappa shape index (κ2) is 12.7. The van der Waals surface area contributed by atoms with E-state index in [1.807, 2.05) is 20.8 Å². The average molecular weight is 571 g/mol. The summed E-state index contributed by atoms with van der Waals surface area (Å²) in [5.74, 6) is -2.23. The van der Waals surface area contributed by atoms with E-state index in [-0.39, 0.29) is 16.7 Å². The van der Waals surface area contributed by atoms with E-state index in [1.54, 1.807) is 78.9 Å². The molecule has 1 aliphatic heterocycles. The lowest BCUT2D eigenvalue weighted by Gasteiger charge is -2.33. The van der Waals surface area contributed by atoms with Gasteiger partial charge >= 0.3 is 17.9 Å². The Morgan fingerprint density at radius 2 is 1.29 bits per heavy atom. The van der Waals surface area contributed by atoms with Crippen LogP contribution in [0.1, 0.15) is 54.7 Å². The van der Waals surface area contributed by atoms with Crippen molar-refractivity contribution in [3.63, 3.8) is 0 Å². The Labute approximate surface area is 243 Å². The van der Waals surface area contributed by atoms with Crippen molar-refractivity contribution >= 4 is 23.6 Å². The Bertz CT molecular complexity index is 1520. The summed E-state index contributed by atoms with van der Waals surface area (Å²) in [7, 11) is 0. The summed E-state index contributed by atoms with van der Waals surface area (Å²) in [5, 5.41) is 22.3. The summed E-state index contributed by atoms with van der Waals surface area (Å²) in [5.41, 5.74) is 1.08. The topological polar surface area (TPSA) is 145 Å². The summed E-state index contributed by atoms with van der Waals surface area (Å²) in [4.78, 5) is 39.4. The number of carbonyl (C=O) groups is 3. The van der Waals surface area contributed by atoms with Crippen LogP contribution in [-0.2, 0) is 18.9 Å². The standard InChI is InChI=1S/C32H30N2O8/c1-19-5-11-22(12-6-19)29(35)39-18-26-28(41-30(36)23-13-7-20(2)8-14-23)32(4,27(40-26)25(17-33)34-38)42-31(37)24-15-9-21(3)10-16-24/h5-16,26-28,38H,18H2,1-4H3/b34-25+/t26?,27-,28-,32+/m1/s1. The number of rotatable bonds is 8. The number of oxime groups is 1. The third kappa shape index (κ3) is 6.48. The van der Waals surface area contributed by atoms with Crippen molar-refractivity contribution in [2.45, 2.75) is 51.6 Å². The van der Waals surface area contributed by atoms with Crippen molar-refractivity contribution < 1.29 is 38.5 Å². The molecule has 0 radical (unpaired) electrons. The molecule has 10 nitrogen and oxygen atoms in total. The molecule has 216 valence electrons. The minimum atomic E-state index is -1.87. The number of hydrogen-bond donors (Lipinski definition) is 1. The Kier molecular flexibility index (Phi) is 9.03. The predicted molar refractivity (Wildman–Crippen MR) is 150 cm³/mol. The quantitative estimate of drug-likeness (QED) is 0.134. The number of nitrogens with zero attached hydrogens (tertiary/aromatic N) is 2. The molecule has 3 aromatic rings. The first kappa shape index (κ1) is 30.0. The van der Waals surface area contributed by atoms with Gasteiger partial charge in [-0.3, -0.25) is 0 Å². The van der Waals surface area contributed by atoms with Crippen LogP contribution < -0.4 is 0 Å². The molecular formula is C32H30N2O8. The first-order valence-corrected chi connectivity index (χ1v) is 13.1. The average Bonchev–Trinajstić information content (AvgIpc) is 3.23. The number of carbonyl (C=O) groups excluding carboxylic acids is 3. The van der Waals surface area contributed by atoms with Crippen molar-refractivity contribution in [2.75, 3.05) is 6.61 Å². The number of hydrogen-bond acceptors (Lipinski definition) is 10. The van der Waals surface area contributed by atoms with Gasteiger partial charge in [-0.2, -0.15) is 5.26 Å². The number of ether oxygens (including phenoxy) is 4. The van der Waals surface area contributed by atoms with E-state index < -0.39 is 54.1 Å². The number of benzene rings is 3. The van der Waals surface area contributed by atoms with Crippen molar-refractivity contribution in [2.24, 2.45) is 5.16 Å². The second-order valence-electron chi connectivity index (χ2n) is 10.2. The van der Waals surface area contributed by atoms with Crippen LogP contribution in [0.25, 0.3) is 0 Å². The van der Waals surface area contributed by atoms with Gasteiger partial charge in [-0.05, 0) is 64.1 Å². The molecule has 0 aromatic heterocycles. The lowest BCUT2D eigenvalue weighted by Crippen LogP contribution is -2.53. The van der Waals surface area contributed by atoms with Crippen LogP contribution in [0.15, 0.2) is 78.0 Å². The monoisotopic (exact) mass is 570 g/mol. The molecule has 1 aliphatic rings. The molecule has 0 aliphatic carbocycles. The molecule has 0 amide bonds. The molecule has 0 bridgehead atoms. The molecule has 1 fully saturated rings. The highest BCUT2D eigenvalue weighted by Crippen LogP contribution is 2.39. The maximum Gasteiger partial charge on any atom is 0.338 e. The molecule has 1 heterocycles. The fourth-order valence-corrected chi connectivity index (χ4v) is 4.55. The smallest absolute Gasteiger partial charge is 0.338 e. The van der Waals surface area contributed by atoms with Crippen LogP contribution in [0.3, 0.4) is 0 Å². The van der Waals surface area contributed by atoms with Crippen molar-refractivity contribution in [1.82, 2.24) is 0 Å². The molecular weight excluding hydrogens is 540 g/mol. The SMILES string of the molecule is Cc1ccc(C(=O)OCC2O[C@H](/C(C#N)=N/O)[C@](C)(OC(=O)c3ccc(C)cc3)[C@@H]2OC(=O)c2ccc(C)cc2)cc1. The lowest BCUT2D eigenvalue weighted by atomic mass is 9.89. The molecule has 10 heteroatoms. The molecule has 1 N–H and O–H groups in total. The van der Waals surface area contributed by atoms with Crippen LogP contribution >= 0.6 is 0 Å². The second-order valence-corrected chi connectivity index (χ2v) is 10.2. The zero-order chi connectivity index (χ0) is 30.4. The van der Waals surface area contributed by atoms with Crippen LogP contribution in [0, 0.1) is 32.1 Å². The molecule has 0 saturated carbocycles. The highest BCUT2D eigenvalue weighted by molar-refractivity contribution is 6.03. The fraction of sp³-hybridized carbons (Fsp3) is 0.281. The van der Waals surface area contributed by atoms with Gasteiger partial charge in [-0.25, -0.2) is 14.4 Å². The van der Waals surface area contributed by atoms with Gasteiger partial charge in [-0.15, -0.1) is 0 Å². The molecule has 4 rings (SSSR count). The Morgan fingerprint density at radius 1 is 0.833 bits per heavy atom. The number of aryl methyl sites for hydroxylation is 3. The van der Waals surface area contributed by atoms with Crippen LogP contribution in [0.4, 0.5) is 0 Å². The van der Waals surface area contributed by atoms with Crippen molar-refractivity contribution in [3.8, 4) is 6.07 Å². The van der Waals surface area contributed by atoms with E-state index in [1.165, 1.54) is 6.92 Å². The first-order chi connectivity index (χ1) is 20.0. The van der Waals surface area contributed by atoms with E-state index in [4.69, 9.17) is 18.9 Å². The number of nitriles is 1. The Morgan fingerprint density at radius 3 is 1.74 bits per heavy atom. The summed E-state index contributed by atoms with van der Waals surface area (Å²) < 4.78 is 23.3. The zero-order valence-electron chi connectivity index (χ0n) is 23.6. The van der Waals surface area contributed by atoms with E-state index in [2.05, 4.69) is 5.16 Å². The van der Waals surface area contributed by atoms with Gasteiger partial charge in [0, 0.05) is 0 Å². The summed E-state index contributed by atoms with van der Waals surface area (Å²) in [6.07, 6.45) is -4.07.